The second-order valence-electron chi connectivity index (χ2n) is 3.14. The van der Waals surface area contributed by atoms with Gasteiger partial charge in [0.25, 0.3) is 0 Å². The van der Waals surface area contributed by atoms with Crippen molar-refractivity contribution in [3.05, 3.63) is 21.3 Å². The van der Waals surface area contributed by atoms with Gasteiger partial charge in [0, 0.05) is 11.4 Å². The fourth-order valence-electron chi connectivity index (χ4n) is 1.21. The van der Waals surface area contributed by atoms with Gasteiger partial charge < -0.3 is 10.2 Å². The second kappa shape index (κ2) is 5.83. The highest BCUT2D eigenvalue weighted by atomic mass is 35.5. The minimum absolute atomic E-state index is 0.274. The van der Waals surface area contributed by atoms with Crippen LogP contribution < -0.4 is 0 Å². The summed E-state index contributed by atoms with van der Waals surface area (Å²) >= 11 is 7.03. The highest BCUT2D eigenvalue weighted by molar-refractivity contribution is 7.16. The van der Waals surface area contributed by atoms with Crippen LogP contribution >= 0.6 is 22.9 Å². The van der Waals surface area contributed by atoms with Crippen molar-refractivity contribution in [2.75, 3.05) is 13.1 Å². The van der Waals surface area contributed by atoms with Crippen LogP contribution in [0, 0.1) is 0 Å². The minimum atomic E-state index is -1.05. The SMILES string of the molecule is O=C(O)CN(CC(=O)O)Cc1ccc(Cl)s1. The summed E-state index contributed by atoms with van der Waals surface area (Å²) in [5, 5.41) is 17.2. The predicted molar refractivity (Wildman–Crippen MR) is 59.9 cm³/mol. The van der Waals surface area contributed by atoms with Crippen molar-refractivity contribution in [1.29, 1.82) is 0 Å². The Kier molecular flexibility index (Phi) is 4.72. The number of carbonyl (C=O) groups is 2. The highest BCUT2D eigenvalue weighted by Crippen LogP contribution is 2.22. The molecule has 1 aromatic rings. The minimum Gasteiger partial charge on any atom is -0.480 e. The Morgan fingerprint density at radius 1 is 1.25 bits per heavy atom. The molecular weight excluding hydrogens is 254 g/mol. The van der Waals surface area contributed by atoms with Crippen LogP contribution in [-0.2, 0) is 16.1 Å². The molecule has 0 radical (unpaired) electrons. The fourth-order valence-corrected chi connectivity index (χ4v) is 2.34. The average Bonchev–Trinajstić information content (AvgIpc) is 2.48. The average molecular weight is 264 g/mol. The topological polar surface area (TPSA) is 77.8 Å². The predicted octanol–water partition coefficient (Wildman–Crippen LogP) is 1.37. The van der Waals surface area contributed by atoms with E-state index in [-0.39, 0.29) is 19.6 Å². The highest BCUT2D eigenvalue weighted by Gasteiger charge is 2.14. The van der Waals surface area contributed by atoms with Gasteiger partial charge in [-0.1, -0.05) is 11.6 Å². The summed E-state index contributed by atoms with van der Waals surface area (Å²) in [5.74, 6) is -2.10. The van der Waals surface area contributed by atoms with Gasteiger partial charge in [0.1, 0.15) is 0 Å². The van der Waals surface area contributed by atoms with E-state index in [0.29, 0.717) is 4.34 Å². The van der Waals surface area contributed by atoms with Crippen LogP contribution in [0.4, 0.5) is 0 Å². The number of hydrogen-bond donors (Lipinski definition) is 2. The van der Waals surface area contributed by atoms with E-state index in [4.69, 9.17) is 21.8 Å². The van der Waals surface area contributed by atoms with Crippen LogP contribution in [0.15, 0.2) is 12.1 Å². The van der Waals surface area contributed by atoms with E-state index in [1.165, 1.54) is 16.2 Å². The first-order valence-corrected chi connectivity index (χ1v) is 5.57. The lowest BCUT2D eigenvalue weighted by Gasteiger charge is -2.16. The number of nitrogens with zero attached hydrogens (tertiary/aromatic N) is 1. The van der Waals surface area contributed by atoms with Crippen LogP contribution in [0.5, 0.6) is 0 Å². The molecule has 0 spiro atoms. The van der Waals surface area contributed by atoms with Crippen LogP contribution in [0.25, 0.3) is 0 Å². The summed E-state index contributed by atoms with van der Waals surface area (Å²) in [7, 11) is 0. The van der Waals surface area contributed by atoms with Crippen LogP contribution in [0.3, 0.4) is 0 Å². The molecule has 0 saturated heterocycles. The summed E-state index contributed by atoms with van der Waals surface area (Å²) in [5.41, 5.74) is 0. The molecule has 1 heterocycles. The molecule has 0 unspecified atom stereocenters. The van der Waals surface area contributed by atoms with Crippen LogP contribution in [0.2, 0.25) is 4.34 Å². The largest absolute Gasteiger partial charge is 0.480 e. The van der Waals surface area contributed by atoms with E-state index >= 15 is 0 Å². The van der Waals surface area contributed by atoms with Gasteiger partial charge in [0.2, 0.25) is 0 Å². The summed E-state index contributed by atoms with van der Waals surface area (Å²) in [6.07, 6.45) is 0. The zero-order chi connectivity index (χ0) is 12.1. The number of thiophene rings is 1. The maximum Gasteiger partial charge on any atom is 0.317 e. The van der Waals surface area contributed by atoms with E-state index in [2.05, 4.69) is 0 Å². The van der Waals surface area contributed by atoms with E-state index in [1.54, 1.807) is 12.1 Å². The van der Waals surface area contributed by atoms with Gasteiger partial charge in [-0.3, -0.25) is 14.5 Å². The lowest BCUT2D eigenvalue weighted by molar-refractivity contribution is -0.141. The first-order valence-electron chi connectivity index (χ1n) is 4.37. The van der Waals surface area contributed by atoms with Crippen molar-refractivity contribution in [2.24, 2.45) is 0 Å². The number of carboxylic acids is 2. The van der Waals surface area contributed by atoms with E-state index in [0.717, 1.165) is 4.88 Å². The maximum atomic E-state index is 10.5. The van der Waals surface area contributed by atoms with Crippen molar-refractivity contribution in [2.45, 2.75) is 6.54 Å². The number of aliphatic carboxylic acids is 2. The van der Waals surface area contributed by atoms with Gasteiger partial charge in [0.05, 0.1) is 17.4 Å². The molecule has 1 rings (SSSR count). The molecule has 88 valence electrons. The Hall–Kier alpha value is -1.11. The van der Waals surface area contributed by atoms with Gasteiger partial charge in [-0.05, 0) is 12.1 Å². The molecule has 0 aliphatic rings. The normalized spacial score (nSPS) is 10.6. The Morgan fingerprint density at radius 2 is 1.81 bits per heavy atom. The Morgan fingerprint density at radius 3 is 2.19 bits per heavy atom. The van der Waals surface area contributed by atoms with Crippen molar-refractivity contribution in [1.82, 2.24) is 4.90 Å². The summed E-state index contributed by atoms with van der Waals surface area (Å²) < 4.78 is 0.598. The lowest BCUT2D eigenvalue weighted by Crippen LogP contribution is -2.33. The number of hydrogen-bond acceptors (Lipinski definition) is 4. The summed E-state index contributed by atoms with van der Waals surface area (Å²) in [4.78, 5) is 23.2. The molecular formula is C9H10ClNO4S. The maximum absolute atomic E-state index is 10.5. The molecule has 0 fully saturated rings. The molecule has 0 aromatic carbocycles. The van der Waals surface area contributed by atoms with Crippen LogP contribution in [0.1, 0.15) is 4.88 Å². The Bertz CT molecular complexity index is 377. The molecule has 0 amide bonds. The van der Waals surface area contributed by atoms with Gasteiger partial charge in [-0.25, -0.2) is 0 Å². The van der Waals surface area contributed by atoms with Crippen molar-refractivity contribution < 1.29 is 19.8 Å². The first kappa shape index (κ1) is 13.0. The number of rotatable bonds is 6. The van der Waals surface area contributed by atoms with E-state index in [9.17, 15) is 9.59 Å². The first-order chi connectivity index (χ1) is 7.47. The van der Waals surface area contributed by atoms with Crippen LogP contribution in [-0.4, -0.2) is 40.1 Å². The van der Waals surface area contributed by atoms with Crippen molar-refractivity contribution in [3.63, 3.8) is 0 Å². The van der Waals surface area contributed by atoms with E-state index in [1.807, 2.05) is 0 Å². The van der Waals surface area contributed by atoms with E-state index < -0.39 is 11.9 Å². The Labute approximate surface area is 101 Å². The van der Waals surface area contributed by atoms with Gasteiger partial charge in [-0.2, -0.15) is 0 Å². The standard InChI is InChI=1S/C9H10ClNO4S/c10-7-2-1-6(16-7)3-11(4-8(12)13)5-9(14)15/h1-2H,3-5H2,(H,12,13)(H,14,15). The molecule has 0 saturated carbocycles. The quantitative estimate of drug-likeness (QED) is 0.811. The summed E-state index contributed by atoms with van der Waals surface area (Å²) in [6.45, 7) is -0.334. The zero-order valence-corrected chi connectivity index (χ0v) is 9.79. The van der Waals surface area contributed by atoms with Gasteiger partial charge in [0.15, 0.2) is 0 Å². The molecule has 0 aliphatic carbocycles. The zero-order valence-electron chi connectivity index (χ0n) is 8.22. The molecule has 16 heavy (non-hydrogen) atoms. The number of carboxylic acid groups (broad SMARTS) is 2. The van der Waals surface area contributed by atoms with Gasteiger partial charge in [-0.15, -0.1) is 11.3 Å². The molecule has 0 atom stereocenters. The Balaban J connectivity index is 2.62. The summed E-state index contributed by atoms with van der Waals surface area (Å²) in [6, 6.07) is 3.45. The molecule has 7 heteroatoms. The second-order valence-corrected chi connectivity index (χ2v) is 4.94. The number of halogens is 1. The third-order valence-corrected chi connectivity index (χ3v) is 2.94. The fraction of sp³-hybridized carbons (Fsp3) is 0.333. The monoisotopic (exact) mass is 263 g/mol. The third-order valence-electron chi connectivity index (χ3n) is 1.73. The lowest BCUT2D eigenvalue weighted by atomic mass is 10.4. The third kappa shape index (κ3) is 4.61. The molecule has 0 bridgehead atoms. The molecule has 0 aliphatic heterocycles. The molecule has 2 N–H and O–H groups in total. The molecule has 1 aromatic heterocycles. The van der Waals surface area contributed by atoms with Crippen molar-refractivity contribution >= 4 is 34.9 Å². The van der Waals surface area contributed by atoms with Gasteiger partial charge >= 0.3 is 11.9 Å². The molecule has 5 nitrogen and oxygen atoms in total. The van der Waals surface area contributed by atoms with Crippen molar-refractivity contribution in [3.8, 4) is 0 Å². The smallest absolute Gasteiger partial charge is 0.317 e.